The monoisotopic (exact) mass is 642 g/mol. The lowest BCUT2D eigenvalue weighted by molar-refractivity contribution is -0.180. The second-order valence-corrected chi connectivity index (χ2v) is 12.6. The number of fused-ring (bicyclic) bond motifs is 1. The number of carbonyl (C=O) groups is 5. The number of benzene rings is 2. The third-order valence-electron chi connectivity index (χ3n) is 8.97. The summed E-state index contributed by atoms with van der Waals surface area (Å²) in [4.78, 5) is 66.9. The highest BCUT2D eigenvalue weighted by molar-refractivity contribution is 6.38. The average molecular weight is 643 g/mol. The fourth-order valence-corrected chi connectivity index (χ4v) is 5.68. The molecule has 4 amide bonds. The molecule has 13 heteroatoms. The predicted molar refractivity (Wildman–Crippen MR) is 159 cm³/mol. The molecule has 46 heavy (non-hydrogen) atoms. The minimum atomic E-state index is -4.46. The number of halogens is 3. The Morgan fingerprint density at radius 2 is 1.67 bits per heavy atom. The molecule has 0 spiro atoms. The fraction of sp³-hybridized carbons (Fsp3) is 0.485. The summed E-state index contributed by atoms with van der Waals surface area (Å²) in [6.07, 6.45) is -2.41. The zero-order valence-corrected chi connectivity index (χ0v) is 25.6. The number of carbonyl (C=O) groups excluding carboxylic acids is 5. The van der Waals surface area contributed by atoms with Crippen molar-refractivity contribution < 1.29 is 41.9 Å². The van der Waals surface area contributed by atoms with E-state index in [1.165, 1.54) is 29.2 Å². The standard InChI is InChI=1S/C33H37F3N4O6/c1-32(2,33(34,35)36)22-7-11-24(12-8-22)46-18-27(41)40-17-21-6-4-3-5-19(21)16-26(40)30(44)39-25(15-20-13-14-37-29(20)43)28(42)31(45)38-23-9-10-23/h3-8,11-12,20,23,25-26H,9-10,13-18H2,1-2H3,(H,37,43)(H,38,45)(H,39,44)/t20-,25-,26-/m0/s1. The third kappa shape index (κ3) is 7.34. The molecule has 2 heterocycles. The maximum Gasteiger partial charge on any atom is 0.397 e. The molecular weight excluding hydrogens is 605 g/mol. The summed E-state index contributed by atoms with van der Waals surface area (Å²) in [6.45, 7) is 2.15. The van der Waals surface area contributed by atoms with Crippen molar-refractivity contribution in [3.63, 3.8) is 0 Å². The minimum Gasteiger partial charge on any atom is -0.484 e. The summed E-state index contributed by atoms with van der Waals surface area (Å²) >= 11 is 0. The van der Waals surface area contributed by atoms with Gasteiger partial charge in [0.05, 0.1) is 11.5 Å². The van der Waals surface area contributed by atoms with E-state index in [0.717, 1.165) is 37.8 Å². The van der Waals surface area contributed by atoms with Gasteiger partial charge in [0, 0.05) is 31.5 Å². The van der Waals surface area contributed by atoms with Crippen LogP contribution in [0.1, 0.15) is 56.2 Å². The van der Waals surface area contributed by atoms with E-state index in [2.05, 4.69) is 16.0 Å². The Hall–Kier alpha value is -4.42. The highest BCUT2D eigenvalue weighted by atomic mass is 19.4. The lowest BCUT2D eigenvalue weighted by Gasteiger charge is -2.36. The van der Waals surface area contributed by atoms with Crippen LogP contribution in [0.15, 0.2) is 48.5 Å². The Morgan fingerprint density at radius 1 is 1.00 bits per heavy atom. The summed E-state index contributed by atoms with van der Waals surface area (Å²) in [6, 6.07) is 10.2. The first-order valence-corrected chi connectivity index (χ1v) is 15.3. The van der Waals surface area contributed by atoms with Gasteiger partial charge in [-0.1, -0.05) is 36.4 Å². The van der Waals surface area contributed by atoms with Crippen LogP contribution in [0.25, 0.3) is 0 Å². The van der Waals surface area contributed by atoms with E-state index in [1.807, 2.05) is 24.3 Å². The number of nitrogens with one attached hydrogen (secondary N) is 3. The predicted octanol–water partition coefficient (Wildman–Crippen LogP) is 2.72. The second-order valence-electron chi connectivity index (χ2n) is 12.6. The lowest BCUT2D eigenvalue weighted by atomic mass is 9.84. The normalized spacial score (nSPS) is 20.3. The molecule has 0 bridgehead atoms. The highest BCUT2D eigenvalue weighted by Gasteiger charge is 2.48. The lowest BCUT2D eigenvalue weighted by Crippen LogP contribution is -2.57. The third-order valence-corrected chi connectivity index (χ3v) is 8.97. The van der Waals surface area contributed by atoms with Crippen molar-refractivity contribution in [1.82, 2.24) is 20.9 Å². The number of hydrogen-bond donors (Lipinski definition) is 3. The van der Waals surface area contributed by atoms with Crippen LogP contribution in [-0.2, 0) is 42.4 Å². The number of ether oxygens (including phenoxy) is 1. The fourth-order valence-electron chi connectivity index (χ4n) is 5.68. The zero-order valence-electron chi connectivity index (χ0n) is 25.6. The minimum absolute atomic E-state index is 0.0352. The zero-order chi connectivity index (χ0) is 33.2. The van der Waals surface area contributed by atoms with Crippen LogP contribution < -0.4 is 20.7 Å². The first-order valence-electron chi connectivity index (χ1n) is 15.3. The van der Waals surface area contributed by atoms with Gasteiger partial charge in [-0.25, -0.2) is 0 Å². The molecular formula is C33H37F3N4O6. The van der Waals surface area contributed by atoms with Gasteiger partial charge in [-0.3, -0.25) is 24.0 Å². The summed E-state index contributed by atoms with van der Waals surface area (Å²) in [5.74, 6) is -3.53. The molecule has 0 radical (unpaired) electrons. The molecule has 3 aliphatic rings. The maximum absolute atomic E-state index is 13.8. The van der Waals surface area contributed by atoms with Crippen LogP contribution in [0.4, 0.5) is 13.2 Å². The van der Waals surface area contributed by atoms with Crippen LogP contribution in [0.2, 0.25) is 0 Å². The first-order chi connectivity index (χ1) is 21.7. The quantitative estimate of drug-likeness (QED) is 0.323. The van der Waals surface area contributed by atoms with Gasteiger partial charge in [0.1, 0.15) is 11.8 Å². The van der Waals surface area contributed by atoms with Gasteiger partial charge >= 0.3 is 6.18 Å². The molecule has 10 nitrogen and oxygen atoms in total. The van der Waals surface area contributed by atoms with Crippen LogP contribution in [-0.4, -0.2) is 71.8 Å². The van der Waals surface area contributed by atoms with Gasteiger partial charge < -0.3 is 25.6 Å². The number of Topliss-reactive ketones (excluding diaryl/α,β-unsaturated/α-hetero) is 1. The van der Waals surface area contributed by atoms with Crippen molar-refractivity contribution in [3.05, 3.63) is 65.2 Å². The van der Waals surface area contributed by atoms with E-state index in [9.17, 15) is 37.1 Å². The molecule has 3 N–H and O–H groups in total. The molecule has 2 aromatic rings. The summed E-state index contributed by atoms with van der Waals surface area (Å²) < 4.78 is 46.0. The van der Waals surface area contributed by atoms with E-state index < -0.39 is 59.7 Å². The second kappa shape index (κ2) is 13.1. The molecule has 2 aromatic carbocycles. The Balaban J connectivity index is 1.31. The summed E-state index contributed by atoms with van der Waals surface area (Å²) in [5, 5.41) is 8.01. The number of rotatable bonds is 11. The Kier molecular flexibility index (Phi) is 9.41. The van der Waals surface area contributed by atoms with E-state index >= 15 is 0 Å². The van der Waals surface area contributed by atoms with Crippen molar-refractivity contribution in [2.75, 3.05) is 13.2 Å². The van der Waals surface area contributed by atoms with Crippen LogP contribution in [0.3, 0.4) is 0 Å². The van der Waals surface area contributed by atoms with Crippen molar-refractivity contribution in [3.8, 4) is 5.75 Å². The Labute approximate surface area is 264 Å². The van der Waals surface area contributed by atoms with Crippen LogP contribution in [0.5, 0.6) is 5.75 Å². The summed E-state index contributed by atoms with van der Waals surface area (Å²) in [7, 11) is 0. The van der Waals surface area contributed by atoms with E-state index in [0.29, 0.717) is 13.0 Å². The van der Waals surface area contributed by atoms with Crippen molar-refractivity contribution in [2.24, 2.45) is 5.92 Å². The first kappa shape index (κ1) is 33.0. The molecule has 0 aromatic heterocycles. The SMILES string of the molecule is CC(C)(c1ccc(OCC(=O)N2Cc3ccccc3C[C@H]2C(=O)N[C@@H](C[C@@H]2CCNC2=O)C(=O)C(=O)NC2CC2)cc1)C(F)(F)F. The van der Waals surface area contributed by atoms with Gasteiger partial charge in [0.2, 0.25) is 17.6 Å². The van der Waals surface area contributed by atoms with E-state index in [-0.39, 0.29) is 42.6 Å². The Morgan fingerprint density at radius 3 is 2.28 bits per heavy atom. The molecule has 1 aliphatic carbocycles. The van der Waals surface area contributed by atoms with Crippen molar-refractivity contribution in [2.45, 2.75) is 82.2 Å². The number of nitrogens with zero attached hydrogens (tertiary/aromatic N) is 1. The molecule has 3 atom stereocenters. The largest absolute Gasteiger partial charge is 0.484 e. The van der Waals surface area contributed by atoms with Gasteiger partial charge in [-0.05, 0) is 68.4 Å². The van der Waals surface area contributed by atoms with Crippen LogP contribution >= 0.6 is 0 Å². The van der Waals surface area contributed by atoms with E-state index in [1.54, 1.807) is 0 Å². The van der Waals surface area contributed by atoms with Gasteiger partial charge in [0.25, 0.3) is 11.8 Å². The van der Waals surface area contributed by atoms with E-state index in [4.69, 9.17) is 4.74 Å². The van der Waals surface area contributed by atoms with Crippen molar-refractivity contribution in [1.29, 1.82) is 0 Å². The summed E-state index contributed by atoms with van der Waals surface area (Å²) in [5.41, 5.74) is -0.395. The topological polar surface area (TPSA) is 134 Å². The molecule has 1 saturated carbocycles. The number of amides is 4. The van der Waals surface area contributed by atoms with Crippen molar-refractivity contribution >= 4 is 29.4 Å². The molecule has 2 fully saturated rings. The molecule has 0 unspecified atom stereocenters. The van der Waals surface area contributed by atoms with Gasteiger partial charge in [0.15, 0.2) is 6.61 Å². The Bertz CT molecular complexity index is 1510. The smallest absolute Gasteiger partial charge is 0.397 e. The maximum atomic E-state index is 13.8. The molecule has 246 valence electrons. The molecule has 5 rings (SSSR count). The number of alkyl halides is 3. The van der Waals surface area contributed by atoms with Gasteiger partial charge in [-0.2, -0.15) is 13.2 Å². The molecule has 1 saturated heterocycles. The van der Waals surface area contributed by atoms with Gasteiger partial charge in [-0.15, -0.1) is 0 Å². The highest BCUT2D eigenvalue weighted by Crippen LogP contribution is 2.40. The average Bonchev–Trinajstić information content (AvgIpc) is 3.75. The van der Waals surface area contributed by atoms with Crippen LogP contribution in [0, 0.1) is 5.92 Å². The number of ketones is 1. The molecule has 2 aliphatic heterocycles. The number of hydrogen-bond acceptors (Lipinski definition) is 6.